The Labute approximate surface area is 255 Å². The molecule has 0 aromatic heterocycles. The molecule has 0 bridgehead atoms. The maximum absolute atomic E-state index is 14.2. The van der Waals surface area contributed by atoms with E-state index in [1.807, 2.05) is 30.3 Å². The Balaban J connectivity index is 1.77. The molecule has 13 heteroatoms. The van der Waals surface area contributed by atoms with E-state index in [1.54, 1.807) is 0 Å². The van der Waals surface area contributed by atoms with Crippen LogP contribution in [0.3, 0.4) is 0 Å². The molecule has 0 aliphatic heterocycles. The fraction of sp³-hybridized carbons (Fsp3) is 0.355. The number of hydrogen-bond acceptors (Lipinski definition) is 7. The molecule has 4 rings (SSSR count). The fourth-order valence-corrected chi connectivity index (χ4v) is 6.13. The van der Waals surface area contributed by atoms with Crippen LogP contribution in [0.25, 0.3) is 0 Å². The lowest BCUT2D eigenvalue weighted by Crippen LogP contribution is -2.54. The van der Waals surface area contributed by atoms with Crippen LogP contribution in [-0.2, 0) is 32.6 Å². The standard InChI is InChI=1S/C31H35FN4O7S/c1-43-29-17-16-26(36(39)40)19-27(29)35(44(2,41)42)21-30(37)34(20-23-12-14-24(32)15-13-23)28(18-22-8-4-3-5-9-22)31(38)33-25-10-6-7-11-25/h3-5,8-9,12-17,19,25,28H,6-7,10-11,18,20-21H2,1-2H3,(H,33,38)/t28-/m0/s1. The van der Waals surface area contributed by atoms with Gasteiger partial charge >= 0.3 is 0 Å². The number of rotatable bonds is 13. The van der Waals surface area contributed by atoms with Gasteiger partial charge in [-0.15, -0.1) is 0 Å². The number of anilines is 1. The third kappa shape index (κ3) is 8.31. The molecular weight excluding hydrogens is 591 g/mol. The minimum absolute atomic E-state index is 0.00118. The smallest absolute Gasteiger partial charge is 0.271 e. The Morgan fingerprint density at radius 3 is 2.30 bits per heavy atom. The number of carbonyl (C=O) groups excluding carboxylic acids is 2. The van der Waals surface area contributed by atoms with Crippen molar-refractivity contribution >= 4 is 33.2 Å². The van der Waals surface area contributed by atoms with Gasteiger partial charge in [-0.2, -0.15) is 0 Å². The molecule has 11 nitrogen and oxygen atoms in total. The minimum atomic E-state index is -4.19. The number of nitro groups is 1. The first kappa shape index (κ1) is 32.4. The van der Waals surface area contributed by atoms with E-state index in [-0.39, 0.29) is 30.4 Å². The maximum atomic E-state index is 14.2. The van der Waals surface area contributed by atoms with Gasteiger partial charge < -0.3 is 15.0 Å². The Bertz CT molecular complexity index is 1580. The quantitative estimate of drug-likeness (QED) is 0.222. The minimum Gasteiger partial charge on any atom is -0.495 e. The number of carbonyl (C=O) groups is 2. The second-order valence-corrected chi connectivity index (χ2v) is 12.6. The summed E-state index contributed by atoms with van der Waals surface area (Å²) in [7, 11) is -2.92. The van der Waals surface area contributed by atoms with Crippen molar-refractivity contribution in [3.05, 3.63) is 99.9 Å². The highest BCUT2D eigenvalue weighted by Crippen LogP contribution is 2.34. The van der Waals surface area contributed by atoms with Crippen molar-refractivity contribution in [1.82, 2.24) is 10.2 Å². The van der Waals surface area contributed by atoms with Crippen molar-refractivity contribution in [2.24, 2.45) is 0 Å². The monoisotopic (exact) mass is 626 g/mol. The summed E-state index contributed by atoms with van der Waals surface area (Å²) in [4.78, 5) is 40.2. The first-order chi connectivity index (χ1) is 21.0. The molecule has 1 aliphatic carbocycles. The maximum Gasteiger partial charge on any atom is 0.271 e. The van der Waals surface area contributed by atoms with Crippen LogP contribution in [0.1, 0.15) is 36.8 Å². The summed E-state index contributed by atoms with van der Waals surface area (Å²) in [5.41, 5.74) is 0.693. The SMILES string of the molecule is COc1ccc([N+](=O)[O-])cc1N(CC(=O)N(Cc1ccc(F)cc1)[C@@H](Cc1ccccc1)C(=O)NC1CCCC1)S(C)(=O)=O. The highest BCUT2D eigenvalue weighted by molar-refractivity contribution is 7.92. The van der Waals surface area contributed by atoms with Crippen molar-refractivity contribution in [2.75, 3.05) is 24.2 Å². The highest BCUT2D eigenvalue weighted by atomic mass is 32.2. The molecule has 0 heterocycles. The lowest BCUT2D eigenvalue weighted by atomic mass is 10.0. The van der Waals surface area contributed by atoms with Gasteiger partial charge in [0.05, 0.1) is 18.3 Å². The normalized spacial score (nSPS) is 14.1. The molecule has 3 aromatic carbocycles. The van der Waals surface area contributed by atoms with Crippen LogP contribution in [0.2, 0.25) is 0 Å². The van der Waals surface area contributed by atoms with Crippen LogP contribution < -0.4 is 14.4 Å². The Morgan fingerprint density at radius 2 is 1.70 bits per heavy atom. The summed E-state index contributed by atoms with van der Waals surface area (Å²) in [6, 6.07) is 16.9. The summed E-state index contributed by atoms with van der Waals surface area (Å²) in [5, 5.41) is 14.6. The van der Waals surface area contributed by atoms with E-state index in [0.717, 1.165) is 53.9 Å². The number of ether oxygens (including phenoxy) is 1. The molecule has 0 unspecified atom stereocenters. The molecule has 0 spiro atoms. The van der Waals surface area contributed by atoms with Crippen molar-refractivity contribution in [3.8, 4) is 5.75 Å². The molecule has 44 heavy (non-hydrogen) atoms. The van der Waals surface area contributed by atoms with E-state index in [2.05, 4.69) is 5.32 Å². The van der Waals surface area contributed by atoms with Gasteiger partial charge in [0.25, 0.3) is 5.69 Å². The zero-order valence-electron chi connectivity index (χ0n) is 24.5. The third-order valence-electron chi connectivity index (χ3n) is 7.56. The van der Waals surface area contributed by atoms with Crippen molar-refractivity contribution in [1.29, 1.82) is 0 Å². The molecule has 0 radical (unpaired) electrons. The van der Waals surface area contributed by atoms with Crippen LogP contribution >= 0.6 is 0 Å². The molecular formula is C31H35FN4O7S. The zero-order valence-corrected chi connectivity index (χ0v) is 25.3. The number of nitrogens with one attached hydrogen (secondary N) is 1. The molecule has 1 aliphatic rings. The molecule has 0 saturated heterocycles. The first-order valence-electron chi connectivity index (χ1n) is 14.1. The number of amides is 2. The van der Waals surface area contributed by atoms with Gasteiger partial charge in [0.1, 0.15) is 29.8 Å². The van der Waals surface area contributed by atoms with Crippen molar-refractivity contribution in [3.63, 3.8) is 0 Å². The van der Waals surface area contributed by atoms with Gasteiger partial charge in [0.2, 0.25) is 21.8 Å². The largest absolute Gasteiger partial charge is 0.495 e. The van der Waals surface area contributed by atoms with Crippen molar-refractivity contribution < 1.29 is 32.1 Å². The zero-order chi connectivity index (χ0) is 31.9. The average molecular weight is 627 g/mol. The predicted octanol–water partition coefficient (Wildman–Crippen LogP) is 4.21. The van der Waals surface area contributed by atoms with Crippen LogP contribution in [0.5, 0.6) is 5.75 Å². The van der Waals surface area contributed by atoms with E-state index in [4.69, 9.17) is 4.74 Å². The van der Waals surface area contributed by atoms with E-state index < -0.39 is 50.9 Å². The Morgan fingerprint density at radius 1 is 1.05 bits per heavy atom. The second-order valence-electron chi connectivity index (χ2n) is 10.7. The van der Waals surface area contributed by atoms with Gasteiger partial charge in [-0.25, -0.2) is 12.8 Å². The topological polar surface area (TPSA) is 139 Å². The lowest BCUT2D eigenvalue weighted by Gasteiger charge is -2.34. The van der Waals surface area contributed by atoms with Gasteiger partial charge in [0, 0.05) is 31.1 Å². The first-order valence-corrected chi connectivity index (χ1v) is 16.0. The lowest BCUT2D eigenvalue weighted by molar-refractivity contribution is -0.384. The second kappa shape index (κ2) is 14.3. The number of halogens is 1. The molecule has 2 amide bonds. The van der Waals surface area contributed by atoms with E-state index in [1.165, 1.54) is 42.3 Å². The Kier molecular flexibility index (Phi) is 10.5. The molecule has 234 valence electrons. The third-order valence-corrected chi connectivity index (χ3v) is 8.69. The van der Waals surface area contributed by atoms with Crippen LogP contribution in [0.15, 0.2) is 72.8 Å². The number of benzene rings is 3. The fourth-order valence-electron chi connectivity index (χ4n) is 5.29. The number of sulfonamides is 1. The summed E-state index contributed by atoms with van der Waals surface area (Å²) >= 11 is 0. The number of non-ortho nitro benzene ring substituents is 1. The molecule has 1 fully saturated rings. The van der Waals surface area contributed by atoms with Gasteiger partial charge in [-0.3, -0.25) is 24.0 Å². The van der Waals surface area contributed by atoms with Gasteiger partial charge in [0.15, 0.2) is 0 Å². The number of hydrogen-bond donors (Lipinski definition) is 1. The van der Waals surface area contributed by atoms with E-state index >= 15 is 0 Å². The van der Waals surface area contributed by atoms with Crippen molar-refractivity contribution in [2.45, 2.75) is 50.7 Å². The number of nitro benzene ring substituents is 1. The van der Waals surface area contributed by atoms with Gasteiger partial charge in [-0.1, -0.05) is 55.3 Å². The van der Waals surface area contributed by atoms with Crippen LogP contribution in [0, 0.1) is 15.9 Å². The number of nitrogens with zero attached hydrogens (tertiary/aromatic N) is 3. The summed E-state index contributed by atoms with van der Waals surface area (Å²) in [5.74, 6) is -1.61. The summed E-state index contributed by atoms with van der Waals surface area (Å²) in [6.07, 6.45) is 4.57. The highest BCUT2D eigenvalue weighted by Gasteiger charge is 2.35. The Hall–Kier alpha value is -4.52. The van der Waals surface area contributed by atoms with E-state index in [9.17, 15) is 32.5 Å². The molecule has 1 N–H and O–H groups in total. The van der Waals surface area contributed by atoms with Gasteiger partial charge in [-0.05, 0) is 42.2 Å². The number of methoxy groups -OCH3 is 1. The summed E-state index contributed by atoms with van der Waals surface area (Å²) < 4.78 is 45.9. The predicted molar refractivity (Wildman–Crippen MR) is 163 cm³/mol. The molecule has 3 aromatic rings. The molecule has 1 atom stereocenters. The summed E-state index contributed by atoms with van der Waals surface area (Å²) in [6.45, 7) is -0.905. The van der Waals surface area contributed by atoms with E-state index in [0.29, 0.717) is 5.56 Å². The van der Waals surface area contributed by atoms with Crippen LogP contribution in [0.4, 0.5) is 15.8 Å². The molecule has 1 saturated carbocycles. The average Bonchev–Trinajstić information content (AvgIpc) is 3.51. The van der Waals surface area contributed by atoms with Crippen LogP contribution in [-0.4, -0.2) is 62.0 Å².